The molecule has 12 heteroatoms. The van der Waals surface area contributed by atoms with Crippen LogP contribution in [0, 0.1) is 13.8 Å². The van der Waals surface area contributed by atoms with E-state index in [1.54, 1.807) is 27.7 Å². The zero-order valence-corrected chi connectivity index (χ0v) is 27.1. The Hall–Kier alpha value is -5.26. The molecule has 0 amide bonds. The molecule has 1 saturated heterocycles. The van der Waals surface area contributed by atoms with Gasteiger partial charge >= 0.3 is 0 Å². The Morgan fingerprint density at radius 2 is 1.74 bits per heavy atom. The molecule has 46 heavy (non-hydrogen) atoms. The van der Waals surface area contributed by atoms with Gasteiger partial charge in [-0.1, -0.05) is 6.07 Å². The quantitative estimate of drug-likeness (QED) is 0.183. The molecule has 3 aromatic heterocycles. The van der Waals surface area contributed by atoms with Gasteiger partial charge in [0, 0.05) is 62.2 Å². The number of hydrogen-bond acceptors (Lipinski definition) is 11. The molecule has 1 aliphatic rings. The summed E-state index contributed by atoms with van der Waals surface area (Å²) in [7, 11) is 6.86. The fraction of sp³-hybridized carbons (Fsp3) is 0.353. The number of rotatable bonds is 11. The van der Waals surface area contributed by atoms with E-state index in [1.807, 2.05) is 74.4 Å². The minimum absolute atomic E-state index is 0.354. The number of anilines is 3. The monoisotopic (exact) mass is 624 g/mol. The van der Waals surface area contributed by atoms with Crippen molar-refractivity contribution in [3.05, 3.63) is 71.8 Å². The first-order valence-electron chi connectivity index (χ1n) is 15.3. The summed E-state index contributed by atoms with van der Waals surface area (Å²) in [4.78, 5) is 16.7. The smallest absolute Gasteiger partial charge is 0.234 e. The van der Waals surface area contributed by atoms with E-state index in [4.69, 9.17) is 23.9 Å². The molecule has 4 heterocycles. The summed E-state index contributed by atoms with van der Waals surface area (Å²) in [5.41, 5.74) is 4.57. The molecule has 0 unspecified atom stereocenters. The zero-order valence-electron chi connectivity index (χ0n) is 27.1. The van der Waals surface area contributed by atoms with Crippen LogP contribution in [-0.2, 0) is 13.6 Å². The maximum atomic E-state index is 6.70. The summed E-state index contributed by atoms with van der Waals surface area (Å²) < 4.78 is 25.1. The van der Waals surface area contributed by atoms with Gasteiger partial charge in [0.15, 0.2) is 0 Å². The molecule has 5 aromatic rings. The van der Waals surface area contributed by atoms with Crippen LogP contribution in [0.4, 0.5) is 17.3 Å². The van der Waals surface area contributed by atoms with E-state index in [-0.39, 0.29) is 0 Å². The number of hydrogen-bond donors (Lipinski definition) is 2. The predicted molar refractivity (Wildman–Crippen MR) is 179 cm³/mol. The normalized spacial score (nSPS) is 13.5. The van der Waals surface area contributed by atoms with Crippen LogP contribution in [0.25, 0.3) is 10.9 Å². The molecule has 0 aliphatic carbocycles. The van der Waals surface area contributed by atoms with E-state index in [0.717, 1.165) is 71.1 Å². The topological polar surface area (TPSA) is 121 Å². The third kappa shape index (κ3) is 6.42. The molecular weight excluding hydrogens is 584 g/mol. The van der Waals surface area contributed by atoms with Crippen molar-refractivity contribution in [1.29, 1.82) is 0 Å². The second-order valence-electron chi connectivity index (χ2n) is 11.4. The molecule has 0 radical (unpaired) electrons. The number of piperidine rings is 1. The van der Waals surface area contributed by atoms with Crippen molar-refractivity contribution in [2.75, 3.05) is 50.0 Å². The van der Waals surface area contributed by atoms with Crippen molar-refractivity contribution in [3.8, 4) is 28.9 Å². The van der Waals surface area contributed by atoms with Gasteiger partial charge in [-0.05, 0) is 50.5 Å². The Morgan fingerprint density at radius 3 is 2.46 bits per heavy atom. The number of benzene rings is 2. The molecule has 0 bridgehead atoms. The van der Waals surface area contributed by atoms with Crippen LogP contribution >= 0.6 is 0 Å². The fourth-order valence-corrected chi connectivity index (χ4v) is 5.85. The highest BCUT2D eigenvalue weighted by atomic mass is 16.5. The molecule has 0 spiro atoms. The molecule has 0 saturated carbocycles. The Kier molecular flexibility index (Phi) is 8.95. The van der Waals surface area contributed by atoms with Crippen LogP contribution < -0.4 is 34.5 Å². The van der Waals surface area contributed by atoms with Crippen molar-refractivity contribution < 1.29 is 18.9 Å². The van der Waals surface area contributed by atoms with Crippen LogP contribution in [0.15, 0.2) is 55.1 Å². The van der Waals surface area contributed by atoms with Gasteiger partial charge in [0.2, 0.25) is 5.88 Å². The standard InChI is InChI=1S/C34H40N8O4/c1-21-7-10-28(44-5)22(2)32(21)46-34-31-27(36-20-37-33(31)35-17-23-8-9-26(43-4)15-29(23)45-6)16-30(40-34)42-13-11-24(12-14-42)39-25-18-38-41(3)19-25/h7-10,15-16,18-20,24,39H,11-14,17H2,1-6H3,(H,35,36,37). The van der Waals surface area contributed by atoms with E-state index < -0.39 is 0 Å². The van der Waals surface area contributed by atoms with Crippen LogP contribution in [0.5, 0.6) is 28.9 Å². The van der Waals surface area contributed by atoms with Crippen LogP contribution in [0.1, 0.15) is 29.5 Å². The van der Waals surface area contributed by atoms with E-state index in [2.05, 4.69) is 30.6 Å². The summed E-state index contributed by atoms with van der Waals surface area (Å²) in [5.74, 6) is 4.71. The Bertz CT molecular complexity index is 1830. The first-order chi connectivity index (χ1) is 22.4. The Morgan fingerprint density at radius 1 is 0.935 bits per heavy atom. The van der Waals surface area contributed by atoms with Crippen LogP contribution in [0.2, 0.25) is 0 Å². The Labute approximate surface area is 268 Å². The maximum absolute atomic E-state index is 6.70. The molecular formula is C34H40N8O4. The SMILES string of the molecule is COc1ccc(CNc2ncnc3cc(N4CCC(Nc5cnn(C)c5)CC4)nc(Oc4c(C)ccc(OC)c4C)c23)c(OC)c1. The largest absolute Gasteiger partial charge is 0.497 e. The highest BCUT2D eigenvalue weighted by Gasteiger charge is 2.24. The lowest BCUT2D eigenvalue weighted by Crippen LogP contribution is -2.39. The first-order valence-corrected chi connectivity index (χ1v) is 15.3. The molecule has 12 nitrogen and oxygen atoms in total. The second kappa shape index (κ2) is 13.4. The number of pyridine rings is 1. The van der Waals surface area contributed by atoms with Crippen LogP contribution in [0.3, 0.4) is 0 Å². The number of fused-ring (bicyclic) bond motifs is 1. The van der Waals surface area contributed by atoms with Gasteiger partial charge in [0.05, 0.1) is 38.7 Å². The summed E-state index contributed by atoms with van der Waals surface area (Å²) in [5, 5.41) is 12.1. The van der Waals surface area contributed by atoms with Crippen molar-refractivity contribution >= 4 is 28.2 Å². The van der Waals surface area contributed by atoms with Crippen molar-refractivity contribution in [2.24, 2.45) is 7.05 Å². The summed E-state index contributed by atoms with van der Waals surface area (Å²) in [6.07, 6.45) is 7.34. The van der Waals surface area contributed by atoms with Gasteiger partial charge in [-0.25, -0.2) is 9.97 Å². The maximum Gasteiger partial charge on any atom is 0.234 e. The van der Waals surface area contributed by atoms with E-state index >= 15 is 0 Å². The number of nitrogens with one attached hydrogen (secondary N) is 2. The van der Waals surface area contributed by atoms with Crippen LogP contribution in [-0.4, -0.2) is 65.2 Å². The lowest BCUT2D eigenvalue weighted by Gasteiger charge is -2.33. The third-order valence-corrected chi connectivity index (χ3v) is 8.38. The van der Waals surface area contributed by atoms with Gasteiger partial charge < -0.3 is 34.5 Å². The summed E-state index contributed by atoms with van der Waals surface area (Å²) >= 11 is 0. The van der Waals surface area contributed by atoms with Gasteiger partial charge in [0.25, 0.3) is 0 Å². The lowest BCUT2D eigenvalue weighted by atomic mass is 10.0. The molecule has 0 atom stereocenters. The summed E-state index contributed by atoms with van der Waals surface area (Å²) in [6.45, 7) is 6.12. The molecule has 6 rings (SSSR count). The molecule has 240 valence electrons. The number of methoxy groups -OCH3 is 3. The minimum Gasteiger partial charge on any atom is -0.497 e. The van der Waals surface area contributed by atoms with Crippen molar-refractivity contribution in [3.63, 3.8) is 0 Å². The summed E-state index contributed by atoms with van der Waals surface area (Å²) in [6, 6.07) is 12.0. The average Bonchev–Trinajstić information content (AvgIpc) is 3.49. The molecule has 2 N–H and O–H groups in total. The fourth-order valence-electron chi connectivity index (χ4n) is 5.85. The van der Waals surface area contributed by atoms with Crippen molar-refractivity contribution in [1.82, 2.24) is 24.7 Å². The van der Waals surface area contributed by atoms with E-state index in [1.165, 1.54) is 0 Å². The molecule has 2 aromatic carbocycles. The third-order valence-electron chi connectivity index (χ3n) is 8.38. The number of nitrogens with zero attached hydrogens (tertiary/aromatic N) is 6. The highest BCUT2D eigenvalue weighted by Crippen LogP contribution is 2.39. The first kappa shape index (κ1) is 30.8. The average molecular weight is 625 g/mol. The predicted octanol–water partition coefficient (Wildman–Crippen LogP) is 5.89. The number of ether oxygens (including phenoxy) is 4. The molecule has 1 fully saturated rings. The number of aryl methyl sites for hydroxylation is 2. The van der Waals surface area contributed by atoms with Gasteiger partial charge in [-0.15, -0.1) is 0 Å². The lowest BCUT2D eigenvalue weighted by molar-refractivity contribution is 0.391. The highest BCUT2D eigenvalue weighted by molar-refractivity contribution is 5.95. The van der Waals surface area contributed by atoms with Gasteiger partial charge in [-0.2, -0.15) is 10.1 Å². The van der Waals surface area contributed by atoms with Gasteiger partial charge in [0.1, 0.15) is 46.3 Å². The van der Waals surface area contributed by atoms with E-state index in [9.17, 15) is 0 Å². The second-order valence-corrected chi connectivity index (χ2v) is 11.4. The van der Waals surface area contributed by atoms with E-state index in [0.29, 0.717) is 41.2 Å². The zero-order chi connectivity index (χ0) is 32.2. The number of aromatic nitrogens is 5. The molecule has 1 aliphatic heterocycles. The van der Waals surface area contributed by atoms with Crippen molar-refractivity contribution in [2.45, 2.75) is 39.3 Å². The Balaban J connectivity index is 1.34. The minimum atomic E-state index is 0.354. The van der Waals surface area contributed by atoms with Gasteiger partial charge in [-0.3, -0.25) is 4.68 Å².